The van der Waals surface area contributed by atoms with Crippen LogP contribution in [0.25, 0.3) is 0 Å². The highest BCUT2D eigenvalue weighted by molar-refractivity contribution is 6.34. The Labute approximate surface area is 165 Å². The number of urea groups is 1. The zero-order valence-electron chi connectivity index (χ0n) is 15.8. The number of ether oxygens (including phenoxy) is 1. The van der Waals surface area contributed by atoms with Crippen molar-refractivity contribution in [3.05, 3.63) is 28.8 Å². The molecule has 0 aliphatic carbocycles. The molecular weight excluding hydrogens is 366 g/mol. The van der Waals surface area contributed by atoms with Crippen LogP contribution in [0.5, 0.6) is 0 Å². The lowest BCUT2D eigenvalue weighted by molar-refractivity contribution is 0.0636. The number of hydrogen-bond acceptors (Lipinski definition) is 3. The summed E-state index contributed by atoms with van der Waals surface area (Å²) in [7, 11) is 0. The molecule has 0 bridgehead atoms. The Morgan fingerprint density at radius 3 is 2.81 bits per heavy atom. The van der Waals surface area contributed by atoms with Gasteiger partial charge in [0.25, 0.3) is 5.91 Å². The van der Waals surface area contributed by atoms with E-state index in [4.69, 9.17) is 16.3 Å². The summed E-state index contributed by atoms with van der Waals surface area (Å²) in [5, 5.41) is 5.94. The third-order valence-electron chi connectivity index (χ3n) is 5.30. The van der Waals surface area contributed by atoms with Gasteiger partial charge in [0.15, 0.2) is 0 Å². The van der Waals surface area contributed by atoms with Crippen molar-refractivity contribution < 1.29 is 14.3 Å². The number of nitrogens with zero attached hydrogens (tertiary/aromatic N) is 1. The highest BCUT2D eigenvalue weighted by Crippen LogP contribution is 2.25. The van der Waals surface area contributed by atoms with Crippen molar-refractivity contribution in [3.8, 4) is 0 Å². The summed E-state index contributed by atoms with van der Waals surface area (Å²) in [6, 6.07) is 4.98. The molecule has 2 saturated heterocycles. The van der Waals surface area contributed by atoms with Gasteiger partial charge in [-0.25, -0.2) is 4.79 Å². The molecule has 2 heterocycles. The molecule has 2 aliphatic rings. The molecule has 27 heavy (non-hydrogen) atoms. The largest absolute Gasteiger partial charge is 0.378 e. The Balaban J connectivity index is 1.52. The molecule has 7 heteroatoms. The molecule has 0 aromatic heterocycles. The van der Waals surface area contributed by atoms with E-state index in [-0.39, 0.29) is 24.1 Å². The Morgan fingerprint density at radius 2 is 2.11 bits per heavy atom. The molecule has 2 fully saturated rings. The third kappa shape index (κ3) is 5.36. The quantitative estimate of drug-likeness (QED) is 0.792. The van der Waals surface area contributed by atoms with Crippen LogP contribution >= 0.6 is 11.6 Å². The summed E-state index contributed by atoms with van der Waals surface area (Å²) < 4.78 is 5.54. The van der Waals surface area contributed by atoms with E-state index in [9.17, 15) is 9.59 Å². The van der Waals surface area contributed by atoms with Gasteiger partial charge in [-0.1, -0.05) is 11.6 Å². The van der Waals surface area contributed by atoms with E-state index in [0.29, 0.717) is 22.8 Å². The Morgan fingerprint density at radius 1 is 1.26 bits per heavy atom. The van der Waals surface area contributed by atoms with Crippen LogP contribution in [0.15, 0.2) is 18.2 Å². The second-order valence-electron chi connectivity index (χ2n) is 7.34. The molecule has 3 amide bonds. The number of hydrogen-bond donors (Lipinski definition) is 2. The lowest BCUT2D eigenvalue weighted by Gasteiger charge is -2.33. The number of benzene rings is 1. The van der Waals surface area contributed by atoms with Gasteiger partial charge in [-0.3, -0.25) is 4.79 Å². The van der Waals surface area contributed by atoms with Gasteiger partial charge in [0.2, 0.25) is 0 Å². The first-order valence-corrected chi connectivity index (χ1v) is 10.2. The van der Waals surface area contributed by atoms with Crippen molar-refractivity contribution in [1.29, 1.82) is 0 Å². The predicted molar refractivity (Wildman–Crippen MR) is 106 cm³/mol. The maximum Gasteiger partial charge on any atom is 0.319 e. The standard InChI is InChI=1S/C20H28ClN3O3/c1-14-5-2-3-11-24(14)19(25)17-8-7-15(13-18(17)21)23-20(26)22-10-9-16-6-4-12-27-16/h7-8,13-14,16H,2-6,9-12H2,1H3,(H2,22,23,26). The van der Waals surface area contributed by atoms with Crippen LogP contribution in [-0.4, -0.2) is 48.7 Å². The smallest absolute Gasteiger partial charge is 0.319 e. The van der Waals surface area contributed by atoms with Gasteiger partial charge in [0.1, 0.15) is 0 Å². The Bertz CT molecular complexity index is 676. The number of carbonyl (C=O) groups excluding carboxylic acids is 2. The first kappa shape index (κ1) is 20.0. The molecule has 148 valence electrons. The first-order valence-electron chi connectivity index (χ1n) is 9.81. The second kappa shape index (κ2) is 9.42. The van der Waals surface area contributed by atoms with E-state index in [1.807, 2.05) is 4.90 Å². The summed E-state index contributed by atoms with van der Waals surface area (Å²) in [5.74, 6) is -0.0419. The molecule has 3 rings (SSSR count). The molecule has 2 unspecified atom stereocenters. The molecule has 6 nitrogen and oxygen atoms in total. The zero-order chi connectivity index (χ0) is 19.2. The number of rotatable bonds is 5. The highest BCUT2D eigenvalue weighted by atomic mass is 35.5. The number of anilines is 1. The lowest BCUT2D eigenvalue weighted by atomic mass is 10.0. The minimum absolute atomic E-state index is 0.0419. The minimum atomic E-state index is -0.284. The molecule has 2 N–H and O–H groups in total. The lowest BCUT2D eigenvalue weighted by Crippen LogP contribution is -2.42. The zero-order valence-corrected chi connectivity index (χ0v) is 16.6. The van der Waals surface area contributed by atoms with Gasteiger partial charge < -0.3 is 20.3 Å². The minimum Gasteiger partial charge on any atom is -0.378 e. The average molecular weight is 394 g/mol. The molecule has 2 atom stereocenters. The summed E-state index contributed by atoms with van der Waals surface area (Å²) in [6.45, 7) is 4.22. The van der Waals surface area contributed by atoms with Crippen LogP contribution in [0.3, 0.4) is 0 Å². The summed E-state index contributed by atoms with van der Waals surface area (Å²) in [6.07, 6.45) is 6.43. The van der Waals surface area contributed by atoms with Gasteiger partial charge >= 0.3 is 6.03 Å². The number of likely N-dealkylation sites (tertiary alicyclic amines) is 1. The van der Waals surface area contributed by atoms with Crippen molar-refractivity contribution in [1.82, 2.24) is 10.2 Å². The van der Waals surface area contributed by atoms with Crippen molar-refractivity contribution >= 4 is 29.2 Å². The number of carbonyl (C=O) groups is 2. The molecule has 0 saturated carbocycles. The van der Waals surface area contributed by atoms with E-state index in [0.717, 1.165) is 51.7 Å². The Kier molecular flexibility index (Phi) is 6.96. The average Bonchev–Trinajstić information content (AvgIpc) is 3.15. The number of halogens is 1. The van der Waals surface area contributed by atoms with Crippen LogP contribution in [0.4, 0.5) is 10.5 Å². The fourth-order valence-electron chi connectivity index (χ4n) is 3.71. The Hall–Kier alpha value is -1.79. The maximum atomic E-state index is 12.8. The number of piperidine rings is 1. The SMILES string of the molecule is CC1CCCCN1C(=O)c1ccc(NC(=O)NCCC2CCCO2)cc1Cl. The molecule has 2 aliphatic heterocycles. The maximum absolute atomic E-state index is 12.8. The van der Waals surface area contributed by atoms with Crippen molar-refractivity contribution in [2.24, 2.45) is 0 Å². The van der Waals surface area contributed by atoms with Gasteiger partial charge in [-0.15, -0.1) is 0 Å². The van der Waals surface area contributed by atoms with E-state index >= 15 is 0 Å². The van der Waals surface area contributed by atoms with Gasteiger partial charge in [-0.05, 0) is 63.6 Å². The summed E-state index contributed by atoms with van der Waals surface area (Å²) in [5.41, 5.74) is 1.05. The molecule has 1 aromatic rings. The van der Waals surface area contributed by atoms with Crippen molar-refractivity contribution in [3.63, 3.8) is 0 Å². The van der Waals surface area contributed by atoms with E-state index in [1.54, 1.807) is 18.2 Å². The fourth-order valence-corrected chi connectivity index (χ4v) is 3.98. The van der Waals surface area contributed by atoms with Crippen LogP contribution < -0.4 is 10.6 Å². The first-order chi connectivity index (χ1) is 13.0. The summed E-state index contributed by atoms with van der Waals surface area (Å²) >= 11 is 6.33. The van der Waals surface area contributed by atoms with E-state index in [1.165, 1.54) is 0 Å². The number of nitrogens with one attached hydrogen (secondary N) is 2. The van der Waals surface area contributed by atoms with Crippen molar-refractivity contribution in [2.75, 3.05) is 25.0 Å². The third-order valence-corrected chi connectivity index (χ3v) is 5.61. The number of amides is 3. The normalized spacial score (nSPS) is 22.5. The van der Waals surface area contributed by atoms with Crippen LogP contribution in [0.1, 0.15) is 55.8 Å². The van der Waals surface area contributed by atoms with E-state index in [2.05, 4.69) is 17.6 Å². The van der Waals surface area contributed by atoms with Crippen LogP contribution in [0.2, 0.25) is 5.02 Å². The topological polar surface area (TPSA) is 70.7 Å². The molecule has 1 aromatic carbocycles. The van der Waals surface area contributed by atoms with E-state index < -0.39 is 0 Å². The fraction of sp³-hybridized carbons (Fsp3) is 0.600. The monoisotopic (exact) mass is 393 g/mol. The van der Waals surface area contributed by atoms with Gasteiger partial charge in [-0.2, -0.15) is 0 Å². The van der Waals surface area contributed by atoms with Crippen LogP contribution in [-0.2, 0) is 4.74 Å². The molecule has 0 radical (unpaired) electrons. The summed E-state index contributed by atoms with van der Waals surface area (Å²) in [4.78, 5) is 26.7. The molecular formula is C20H28ClN3O3. The van der Waals surface area contributed by atoms with Crippen molar-refractivity contribution in [2.45, 2.75) is 57.6 Å². The highest BCUT2D eigenvalue weighted by Gasteiger charge is 2.25. The predicted octanol–water partition coefficient (Wildman–Crippen LogP) is 4.05. The van der Waals surface area contributed by atoms with Crippen LogP contribution in [0, 0.1) is 0 Å². The second-order valence-corrected chi connectivity index (χ2v) is 7.75. The van der Waals surface area contributed by atoms with Gasteiger partial charge in [0, 0.05) is 31.4 Å². The van der Waals surface area contributed by atoms with Gasteiger partial charge in [0.05, 0.1) is 16.7 Å². The molecule has 0 spiro atoms.